The predicted octanol–water partition coefficient (Wildman–Crippen LogP) is 4.42. The van der Waals surface area contributed by atoms with Gasteiger partial charge in [0.1, 0.15) is 5.75 Å². The smallest absolute Gasteiger partial charge is 0.223 e. The highest BCUT2D eigenvalue weighted by Gasteiger charge is 2.22. The SMILES string of the molecule is CCNC(=NCCCC(=O)N1Cc2ccccc2C1)Nc1cccc(OCCCOC)c1.I. The Bertz CT molecular complexity index is 882. The number of fused-ring (bicyclic) bond motifs is 1. The molecular formula is C25H35IN4O3. The summed E-state index contributed by atoms with van der Waals surface area (Å²) >= 11 is 0. The van der Waals surface area contributed by atoms with Crippen LogP contribution in [0.25, 0.3) is 0 Å². The molecule has 3 rings (SSSR count). The van der Waals surface area contributed by atoms with Crippen LogP contribution in [-0.2, 0) is 22.6 Å². The van der Waals surface area contributed by atoms with Gasteiger partial charge in [-0.25, -0.2) is 0 Å². The minimum atomic E-state index is 0. The van der Waals surface area contributed by atoms with Gasteiger partial charge in [0.25, 0.3) is 0 Å². The van der Waals surface area contributed by atoms with E-state index in [0.717, 1.165) is 24.4 Å². The number of ether oxygens (including phenoxy) is 2. The maximum atomic E-state index is 12.6. The first-order valence-electron chi connectivity index (χ1n) is 11.3. The first-order chi connectivity index (χ1) is 15.7. The monoisotopic (exact) mass is 566 g/mol. The highest BCUT2D eigenvalue weighted by Crippen LogP contribution is 2.23. The van der Waals surface area contributed by atoms with Crippen LogP contribution in [0.2, 0.25) is 0 Å². The van der Waals surface area contributed by atoms with E-state index in [-0.39, 0.29) is 29.9 Å². The first-order valence-corrected chi connectivity index (χ1v) is 11.3. The topological polar surface area (TPSA) is 75.2 Å². The number of hydrogen-bond donors (Lipinski definition) is 2. The van der Waals surface area contributed by atoms with Gasteiger partial charge in [0.05, 0.1) is 6.61 Å². The van der Waals surface area contributed by atoms with E-state index in [1.807, 2.05) is 48.2 Å². The summed E-state index contributed by atoms with van der Waals surface area (Å²) in [7, 11) is 1.69. The minimum absolute atomic E-state index is 0. The third kappa shape index (κ3) is 8.85. The summed E-state index contributed by atoms with van der Waals surface area (Å²) in [4.78, 5) is 19.1. The number of methoxy groups -OCH3 is 1. The van der Waals surface area contributed by atoms with Gasteiger partial charge in [-0.15, -0.1) is 24.0 Å². The molecule has 7 nitrogen and oxygen atoms in total. The summed E-state index contributed by atoms with van der Waals surface area (Å²) in [6.45, 7) is 6.09. The van der Waals surface area contributed by atoms with Gasteiger partial charge < -0.3 is 25.0 Å². The second kappa shape index (κ2) is 14.7. The Labute approximate surface area is 214 Å². The second-order valence-corrected chi connectivity index (χ2v) is 7.73. The number of anilines is 1. The normalized spacial score (nSPS) is 12.7. The number of nitrogens with zero attached hydrogens (tertiary/aromatic N) is 2. The van der Waals surface area contributed by atoms with E-state index in [1.165, 1.54) is 11.1 Å². The molecule has 2 N–H and O–H groups in total. The molecule has 0 radical (unpaired) electrons. The summed E-state index contributed by atoms with van der Waals surface area (Å²) < 4.78 is 10.8. The maximum absolute atomic E-state index is 12.6. The van der Waals surface area contributed by atoms with Gasteiger partial charge in [-0.05, 0) is 36.6 Å². The lowest BCUT2D eigenvalue weighted by Gasteiger charge is -2.15. The number of amides is 1. The predicted molar refractivity (Wildman–Crippen MR) is 143 cm³/mol. The van der Waals surface area contributed by atoms with Crippen LogP contribution in [0.3, 0.4) is 0 Å². The molecule has 0 bridgehead atoms. The number of halogens is 1. The van der Waals surface area contributed by atoms with Crippen molar-refractivity contribution in [3.8, 4) is 5.75 Å². The molecule has 0 aliphatic carbocycles. The van der Waals surface area contributed by atoms with E-state index < -0.39 is 0 Å². The summed E-state index contributed by atoms with van der Waals surface area (Å²) in [6, 6.07) is 16.1. The van der Waals surface area contributed by atoms with Crippen LogP contribution in [0.5, 0.6) is 5.75 Å². The molecular weight excluding hydrogens is 531 g/mol. The lowest BCUT2D eigenvalue weighted by atomic mass is 10.1. The molecule has 1 heterocycles. The van der Waals surface area contributed by atoms with Gasteiger partial charge >= 0.3 is 0 Å². The number of carbonyl (C=O) groups is 1. The Morgan fingerprint density at radius 3 is 2.52 bits per heavy atom. The molecule has 0 saturated carbocycles. The van der Waals surface area contributed by atoms with Crippen molar-refractivity contribution >= 4 is 41.5 Å². The summed E-state index contributed by atoms with van der Waals surface area (Å²) in [5, 5.41) is 6.57. The average Bonchev–Trinajstić information content (AvgIpc) is 3.24. The second-order valence-electron chi connectivity index (χ2n) is 7.73. The number of benzene rings is 2. The van der Waals surface area contributed by atoms with Gasteiger partial charge in [0.15, 0.2) is 5.96 Å². The average molecular weight is 566 g/mol. The molecule has 8 heteroatoms. The molecule has 0 spiro atoms. The Hall–Kier alpha value is -2.33. The zero-order valence-electron chi connectivity index (χ0n) is 19.5. The maximum Gasteiger partial charge on any atom is 0.223 e. The largest absolute Gasteiger partial charge is 0.493 e. The van der Waals surface area contributed by atoms with Crippen LogP contribution in [0.1, 0.15) is 37.3 Å². The number of hydrogen-bond acceptors (Lipinski definition) is 4. The fourth-order valence-electron chi connectivity index (χ4n) is 3.59. The van der Waals surface area contributed by atoms with Crippen LogP contribution >= 0.6 is 24.0 Å². The Kier molecular flexibility index (Phi) is 12.0. The molecule has 0 unspecified atom stereocenters. The third-order valence-corrected chi connectivity index (χ3v) is 5.21. The summed E-state index contributed by atoms with van der Waals surface area (Å²) in [6.07, 6.45) is 2.06. The van der Waals surface area contributed by atoms with Gasteiger partial charge in [-0.1, -0.05) is 30.3 Å². The van der Waals surface area contributed by atoms with Gasteiger partial charge in [-0.2, -0.15) is 0 Å². The van der Waals surface area contributed by atoms with Crippen LogP contribution in [0.15, 0.2) is 53.5 Å². The quantitative estimate of drug-likeness (QED) is 0.182. The lowest BCUT2D eigenvalue weighted by Crippen LogP contribution is -2.31. The molecule has 0 atom stereocenters. The number of guanidine groups is 1. The molecule has 2 aromatic rings. The molecule has 1 aliphatic rings. The van der Waals surface area contributed by atoms with E-state index in [0.29, 0.717) is 51.6 Å². The minimum Gasteiger partial charge on any atom is -0.493 e. The van der Waals surface area contributed by atoms with Crippen molar-refractivity contribution in [1.82, 2.24) is 10.2 Å². The van der Waals surface area contributed by atoms with E-state index >= 15 is 0 Å². The van der Waals surface area contributed by atoms with Crippen molar-refractivity contribution < 1.29 is 14.3 Å². The molecule has 0 aromatic heterocycles. The highest BCUT2D eigenvalue weighted by molar-refractivity contribution is 14.0. The van der Waals surface area contributed by atoms with E-state index in [9.17, 15) is 4.79 Å². The molecule has 180 valence electrons. The standard InChI is InChI=1S/C25H34N4O3.HI/c1-3-26-25(28-22-11-6-12-23(17-22)32-16-8-15-31-2)27-14-7-13-24(30)29-18-20-9-4-5-10-21(20)19-29;/h4-6,9-12,17H,3,7-8,13-16,18-19H2,1-2H3,(H2,26,27,28);1H. The number of rotatable bonds is 11. The van der Waals surface area contributed by atoms with Crippen LogP contribution in [0.4, 0.5) is 5.69 Å². The van der Waals surface area contributed by atoms with Crippen molar-refractivity contribution in [3.63, 3.8) is 0 Å². The van der Waals surface area contributed by atoms with Crippen molar-refractivity contribution in [3.05, 3.63) is 59.7 Å². The fourth-order valence-corrected chi connectivity index (χ4v) is 3.59. The van der Waals surface area contributed by atoms with Crippen LogP contribution in [-0.4, -0.2) is 50.2 Å². The summed E-state index contributed by atoms with van der Waals surface area (Å²) in [5.74, 6) is 1.69. The molecule has 1 aliphatic heterocycles. The van der Waals surface area contributed by atoms with Crippen molar-refractivity contribution in [2.45, 2.75) is 39.3 Å². The molecule has 2 aromatic carbocycles. The van der Waals surface area contributed by atoms with Crippen LogP contribution in [0, 0.1) is 0 Å². The Morgan fingerprint density at radius 2 is 1.82 bits per heavy atom. The van der Waals surface area contributed by atoms with Crippen molar-refractivity contribution in [1.29, 1.82) is 0 Å². The number of carbonyl (C=O) groups excluding carboxylic acids is 1. The fraction of sp³-hybridized carbons (Fsp3) is 0.440. The molecule has 0 saturated heterocycles. The van der Waals surface area contributed by atoms with E-state index in [4.69, 9.17) is 9.47 Å². The third-order valence-electron chi connectivity index (χ3n) is 5.21. The van der Waals surface area contributed by atoms with Gasteiger partial charge in [-0.3, -0.25) is 9.79 Å². The van der Waals surface area contributed by atoms with E-state index in [2.05, 4.69) is 27.8 Å². The van der Waals surface area contributed by atoms with Crippen molar-refractivity contribution in [2.24, 2.45) is 4.99 Å². The Morgan fingerprint density at radius 1 is 1.06 bits per heavy atom. The zero-order chi connectivity index (χ0) is 22.6. The van der Waals surface area contributed by atoms with Crippen molar-refractivity contribution in [2.75, 3.05) is 38.7 Å². The highest BCUT2D eigenvalue weighted by atomic mass is 127. The van der Waals surface area contributed by atoms with Crippen LogP contribution < -0.4 is 15.4 Å². The molecule has 0 fully saturated rings. The van der Waals surface area contributed by atoms with Gasteiger partial charge in [0.2, 0.25) is 5.91 Å². The summed E-state index contributed by atoms with van der Waals surface area (Å²) in [5.41, 5.74) is 3.41. The molecule has 33 heavy (non-hydrogen) atoms. The lowest BCUT2D eigenvalue weighted by molar-refractivity contribution is -0.131. The molecule has 1 amide bonds. The van der Waals surface area contributed by atoms with Gasteiger partial charge in [0, 0.05) is 64.5 Å². The van der Waals surface area contributed by atoms with E-state index in [1.54, 1.807) is 7.11 Å². The Balaban J connectivity index is 0.00000385. The number of nitrogens with one attached hydrogen (secondary N) is 2. The zero-order valence-corrected chi connectivity index (χ0v) is 21.8. The number of aliphatic imine (C=N–C) groups is 1. The first kappa shape index (κ1) is 26.9.